The Bertz CT molecular complexity index is 573. The first kappa shape index (κ1) is 11.5. The molecule has 0 atom stereocenters. The molecule has 0 saturated carbocycles. The van der Waals surface area contributed by atoms with E-state index < -0.39 is 0 Å². The van der Waals surface area contributed by atoms with Crippen molar-refractivity contribution < 1.29 is 4.92 Å². The van der Waals surface area contributed by atoms with Crippen molar-refractivity contribution in [1.82, 2.24) is 0 Å². The molecule has 0 aliphatic carbocycles. The summed E-state index contributed by atoms with van der Waals surface area (Å²) in [6, 6.07) is 9.10. The van der Waals surface area contributed by atoms with Gasteiger partial charge in [0.2, 0.25) is 0 Å². The Balaban J connectivity index is 2.44. The fraction of sp³-hybridized carbons (Fsp3) is 0.0769. The summed E-state index contributed by atoms with van der Waals surface area (Å²) in [5.41, 5.74) is 2.42. The average molecular weight is 245 g/mol. The summed E-state index contributed by atoms with van der Waals surface area (Å²) >= 11 is 1.57. The second kappa shape index (κ2) is 4.51. The molecule has 1 aromatic carbocycles. The zero-order valence-corrected chi connectivity index (χ0v) is 10.2. The molecule has 1 aromatic heterocycles. The molecule has 2 rings (SSSR count). The highest BCUT2D eigenvalue weighted by molar-refractivity contribution is 7.11. The Labute approximate surface area is 103 Å². The largest absolute Gasteiger partial charge is 0.272 e. The Morgan fingerprint density at radius 1 is 1.41 bits per heavy atom. The Morgan fingerprint density at radius 3 is 2.76 bits per heavy atom. The number of aryl methyl sites for hydroxylation is 1. The highest BCUT2D eigenvalue weighted by Gasteiger charge is 2.13. The number of nitro groups is 1. The molecule has 3 nitrogen and oxygen atoms in total. The van der Waals surface area contributed by atoms with Crippen molar-refractivity contribution in [1.29, 1.82) is 0 Å². The van der Waals surface area contributed by atoms with Gasteiger partial charge in [0, 0.05) is 16.5 Å². The van der Waals surface area contributed by atoms with Crippen LogP contribution in [0.2, 0.25) is 0 Å². The summed E-state index contributed by atoms with van der Waals surface area (Å²) in [5.74, 6) is 0. The molecular weight excluding hydrogens is 234 g/mol. The van der Waals surface area contributed by atoms with Crippen LogP contribution in [-0.4, -0.2) is 4.92 Å². The van der Waals surface area contributed by atoms with Gasteiger partial charge in [-0.05, 0) is 29.5 Å². The Morgan fingerprint density at radius 2 is 2.18 bits per heavy atom. The molecule has 0 fully saturated rings. The third-order valence-electron chi connectivity index (χ3n) is 2.57. The topological polar surface area (TPSA) is 43.1 Å². The number of hydrogen-bond acceptors (Lipinski definition) is 3. The van der Waals surface area contributed by atoms with Crippen LogP contribution < -0.4 is 0 Å². The summed E-state index contributed by atoms with van der Waals surface area (Å²) in [7, 11) is 0. The lowest BCUT2D eigenvalue weighted by Crippen LogP contribution is -1.93. The molecule has 0 aliphatic heterocycles. The van der Waals surface area contributed by atoms with E-state index in [9.17, 15) is 10.1 Å². The van der Waals surface area contributed by atoms with E-state index in [1.807, 2.05) is 23.6 Å². The summed E-state index contributed by atoms with van der Waals surface area (Å²) in [4.78, 5) is 11.5. The van der Waals surface area contributed by atoms with E-state index in [1.54, 1.807) is 30.4 Å². The van der Waals surface area contributed by atoms with Gasteiger partial charge in [0.1, 0.15) is 0 Å². The fourth-order valence-electron chi connectivity index (χ4n) is 1.59. The van der Waals surface area contributed by atoms with Crippen LogP contribution in [0.3, 0.4) is 0 Å². The quantitative estimate of drug-likeness (QED) is 0.605. The highest BCUT2D eigenvalue weighted by atomic mass is 32.1. The molecule has 17 heavy (non-hydrogen) atoms. The van der Waals surface area contributed by atoms with E-state index in [-0.39, 0.29) is 10.6 Å². The van der Waals surface area contributed by atoms with Gasteiger partial charge in [0.05, 0.1) is 4.92 Å². The van der Waals surface area contributed by atoms with Gasteiger partial charge in [-0.1, -0.05) is 24.8 Å². The van der Waals surface area contributed by atoms with Crippen molar-refractivity contribution in [2.75, 3.05) is 0 Å². The molecule has 0 N–H and O–H groups in total. The number of nitro benzene ring substituents is 1. The Kier molecular flexibility index (Phi) is 3.06. The molecule has 0 unspecified atom stereocenters. The van der Waals surface area contributed by atoms with Crippen LogP contribution in [0.25, 0.3) is 5.57 Å². The first-order valence-electron chi connectivity index (χ1n) is 5.08. The second-order valence-corrected chi connectivity index (χ2v) is 4.66. The van der Waals surface area contributed by atoms with Crippen molar-refractivity contribution >= 4 is 22.6 Å². The van der Waals surface area contributed by atoms with Crippen LogP contribution in [-0.2, 0) is 0 Å². The van der Waals surface area contributed by atoms with E-state index >= 15 is 0 Å². The van der Waals surface area contributed by atoms with E-state index in [0.29, 0.717) is 5.56 Å². The van der Waals surface area contributed by atoms with Crippen molar-refractivity contribution in [3.63, 3.8) is 0 Å². The van der Waals surface area contributed by atoms with E-state index in [4.69, 9.17) is 0 Å². The first-order valence-corrected chi connectivity index (χ1v) is 5.96. The standard InChI is InChI=1S/C13H11NO2S/c1-9-5-6-11(8-12(9)14(15)16)10(2)13-4-3-7-17-13/h3-8H,2H2,1H3. The molecule has 4 heteroatoms. The van der Waals surface area contributed by atoms with Crippen LogP contribution in [0.5, 0.6) is 0 Å². The third kappa shape index (κ3) is 2.26. The maximum Gasteiger partial charge on any atom is 0.272 e. The molecule has 0 aliphatic rings. The van der Waals surface area contributed by atoms with Crippen LogP contribution in [0.4, 0.5) is 5.69 Å². The summed E-state index contributed by atoms with van der Waals surface area (Å²) in [6.45, 7) is 5.72. The zero-order chi connectivity index (χ0) is 12.4. The molecule has 0 spiro atoms. The monoisotopic (exact) mass is 245 g/mol. The van der Waals surface area contributed by atoms with Gasteiger partial charge < -0.3 is 0 Å². The van der Waals surface area contributed by atoms with Gasteiger partial charge in [-0.25, -0.2) is 0 Å². The fourth-order valence-corrected chi connectivity index (χ4v) is 2.31. The smallest absolute Gasteiger partial charge is 0.258 e. The third-order valence-corrected chi connectivity index (χ3v) is 3.50. The number of hydrogen-bond donors (Lipinski definition) is 0. The minimum Gasteiger partial charge on any atom is -0.258 e. The van der Waals surface area contributed by atoms with Gasteiger partial charge in [-0.15, -0.1) is 11.3 Å². The minimum atomic E-state index is -0.361. The molecule has 0 saturated heterocycles. The molecule has 0 radical (unpaired) electrons. The van der Waals surface area contributed by atoms with Crippen LogP contribution in [0, 0.1) is 17.0 Å². The summed E-state index contributed by atoms with van der Waals surface area (Å²) < 4.78 is 0. The number of nitrogens with zero attached hydrogens (tertiary/aromatic N) is 1. The molecule has 1 heterocycles. The number of benzene rings is 1. The van der Waals surface area contributed by atoms with E-state index in [2.05, 4.69) is 6.58 Å². The average Bonchev–Trinajstić information content (AvgIpc) is 2.81. The lowest BCUT2D eigenvalue weighted by Gasteiger charge is -2.04. The zero-order valence-electron chi connectivity index (χ0n) is 9.34. The summed E-state index contributed by atoms with van der Waals surface area (Å²) in [5, 5.41) is 12.8. The predicted molar refractivity (Wildman–Crippen MR) is 70.3 cm³/mol. The summed E-state index contributed by atoms with van der Waals surface area (Å²) in [6.07, 6.45) is 0. The Hall–Kier alpha value is -1.94. The number of rotatable bonds is 3. The van der Waals surface area contributed by atoms with Gasteiger partial charge in [-0.3, -0.25) is 10.1 Å². The molecular formula is C13H11NO2S. The number of thiophene rings is 1. The van der Waals surface area contributed by atoms with Crippen molar-refractivity contribution in [3.8, 4) is 0 Å². The highest BCUT2D eigenvalue weighted by Crippen LogP contribution is 2.29. The van der Waals surface area contributed by atoms with Crippen LogP contribution >= 0.6 is 11.3 Å². The normalized spacial score (nSPS) is 10.2. The molecule has 86 valence electrons. The van der Waals surface area contributed by atoms with Crippen molar-refractivity contribution in [2.45, 2.75) is 6.92 Å². The van der Waals surface area contributed by atoms with Gasteiger partial charge >= 0.3 is 0 Å². The molecule has 2 aromatic rings. The minimum absolute atomic E-state index is 0.139. The van der Waals surface area contributed by atoms with Gasteiger partial charge in [-0.2, -0.15) is 0 Å². The van der Waals surface area contributed by atoms with Crippen molar-refractivity contribution in [2.24, 2.45) is 0 Å². The van der Waals surface area contributed by atoms with E-state index in [0.717, 1.165) is 16.0 Å². The maximum absolute atomic E-state index is 10.9. The first-order chi connectivity index (χ1) is 8.09. The molecule has 0 bridgehead atoms. The maximum atomic E-state index is 10.9. The van der Waals surface area contributed by atoms with Crippen LogP contribution in [0.15, 0.2) is 42.3 Å². The SMILES string of the molecule is C=C(c1ccc(C)c([N+](=O)[O-])c1)c1cccs1. The van der Waals surface area contributed by atoms with E-state index in [1.165, 1.54) is 0 Å². The van der Waals surface area contributed by atoms with Crippen molar-refractivity contribution in [3.05, 3.63) is 68.4 Å². The second-order valence-electron chi connectivity index (χ2n) is 3.71. The van der Waals surface area contributed by atoms with Gasteiger partial charge in [0.15, 0.2) is 0 Å². The predicted octanol–water partition coefficient (Wildman–Crippen LogP) is 4.03. The lowest BCUT2D eigenvalue weighted by atomic mass is 10.0. The molecule has 0 amide bonds. The lowest BCUT2D eigenvalue weighted by molar-refractivity contribution is -0.385. The van der Waals surface area contributed by atoms with Gasteiger partial charge in [0.25, 0.3) is 5.69 Å². The van der Waals surface area contributed by atoms with Crippen LogP contribution in [0.1, 0.15) is 16.0 Å².